The molecule has 3 nitrogen and oxygen atoms in total. The number of H-pyrrole nitrogens is 1. The Kier molecular flexibility index (Phi) is 3.18. The Balaban J connectivity index is 0.000000138. The molecule has 2 heterocycles. The highest BCUT2D eigenvalue weighted by molar-refractivity contribution is 5.77. The largest absolute Gasteiger partial charge is 0.506 e. The topological polar surface area (TPSA) is 48.9 Å². The van der Waals surface area contributed by atoms with Gasteiger partial charge in [0.1, 0.15) is 5.75 Å². The maximum Gasteiger partial charge on any atom is 0.132 e. The number of para-hydroxylation sites is 1. The van der Waals surface area contributed by atoms with E-state index in [2.05, 4.69) is 22.1 Å². The van der Waals surface area contributed by atoms with Crippen molar-refractivity contribution in [3.05, 3.63) is 61.1 Å². The molecule has 0 aliphatic heterocycles. The third kappa shape index (κ3) is 2.60. The molecular formula is C13H12N2O. The molecule has 0 saturated heterocycles. The zero-order valence-electron chi connectivity index (χ0n) is 8.67. The molecule has 80 valence electrons. The first kappa shape index (κ1) is 10.2. The number of pyridine rings is 1. The van der Waals surface area contributed by atoms with Crippen LogP contribution in [0.25, 0.3) is 10.9 Å². The van der Waals surface area contributed by atoms with Crippen LogP contribution in [0.5, 0.6) is 5.75 Å². The van der Waals surface area contributed by atoms with Crippen LogP contribution in [0, 0.1) is 0 Å². The van der Waals surface area contributed by atoms with Gasteiger partial charge in [-0.1, -0.05) is 24.3 Å². The molecule has 0 fully saturated rings. The van der Waals surface area contributed by atoms with Gasteiger partial charge in [0, 0.05) is 24.0 Å². The van der Waals surface area contributed by atoms with Crippen LogP contribution in [0.3, 0.4) is 0 Å². The average molecular weight is 212 g/mol. The second-order valence-electron chi connectivity index (χ2n) is 3.27. The van der Waals surface area contributed by atoms with Crippen molar-refractivity contribution in [3.63, 3.8) is 0 Å². The van der Waals surface area contributed by atoms with Gasteiger partial charge in [0.25, 0.3) is 0 Å². The number of fused-ring (bicyclic) bond motifs is 1. The van der Waals surface area contributed by atoms with E-state index >= 15 is 0 Å². The van der Waals surface area contributed by atoms with E-state index in [0.29, 0.717) is 0 Å². The number of benzene rings is 1. The molecule has 2 N–H and O–H groups in total. The van der Waals surface area contributed by atoms with Crippen LogP contribution >= 0.6 is 0 Å². The Labute approximate surface area is 93.4 Å². The molecule has 0 aliphatic carbocycles. The summed E-state index contributed by atoms with van der Waals surface area (Å²) in [4.78, 5) is 6.86. The molecule has 3 rings (SSSR count). The van der Waals surface area contributed by atoms with Crippen molar-refractivity contribution < 1.29 is 5.11 Å². The Hall–Kier alpha value is -2.29. The van der Waals surface area contributed by atoms with E-state index in [-0.39, 0.29) is 5.75 Å². The lowest BCUT2D eigenvalue weighted by atomic mass is 10.2. The summed E-state index contributed by atoms with van der Waals surface area (Å²) >= 11 is 0. The average Bonchev–Trinajstić information content (AvgIpc) is 2.81. The molecule has 3 aromatic rings. The van der Waals surface area contributed by atoms with Crippen LogP contribution in [-0.4, -0.2) is 15.1 Å². The van der Waals surface area contributed by atoms with E-state index in [4.69, 9.17) is 5.11 Å². The quantitative estimate of drug-likeness (QED) is 0.602. The number of aromatic amines is 1. The van der Waals surface area contributed by atoms with Gasteiger partial charge in [-0.3, -0.25) is 4.98 Å². The smallest absolute Gasteiger partial charge is 0.132 e. The van der Waals surface area contributed by atoms with Gasteiger partial charge in [-0.25, -0.2) is 0 Å². The zero-order valence-corrected chi connectivity index (χ0v) is 8.67. The lowest BCUT2D eigenvalue weighted by Crippen LogP contribution is -1.73. The number of nitrogens with one attached hydrogen (secondary N) is 1. The summed E-state index contributed by atoms with van der Waals surface area (Å²) in [6.07, 6.45) is 4.98. The van der Waals surface area contributed by atoms with Crippen LogP contribution in [0.15, 0.2) is 61.1 Å². The highest BCUT2D eigenvalue weighted by atomic mass is 16.3. The molecule has 3 heteroatoms. The molecule has 0 radical (unpaired) electrons. The lowest BCUT2D eigenvalue weighted by Gasteiger charge is -1.91. The Morgan fingerprint density at radius 1 is 1.00 bits per heavy atom. The summed E-state index contributed by atoms with van der Waals surface area (Å²) in [6, 6.07) is 13.7. The second kappa shape index (κ2) is 4.98. The highest BCUT2D eigenvalue weighted by Crippen LogP contribution is 2.07. The van der Waals surface area contributed by atoms with Crippen LogP contribution in [0.1, 0.15) is 0 Å². The molecule has 0 saturated carbocycles. The molecule has 2 aromatic heterocycles. The van der Waals surface area contributed by atoms with E-state index < -0.39 is 0 Å². The number of hydrogen-bond acceptors (Lipinski definition) is 2. The molecular weight excluding hydrogens is 200 g/mol. The fourth-order valence-electron chi connectivity index (χ4n) is 1.33. The number of aromatic nitrogens is 2. The van der Waals surface area contributed by atoms with E-state index in [1.807, 2.05) is 30.5 Å². The fraction of sp³-hybridized carbons (Fsp3) is 0. The predicted molar refractivity (Wildman–Crippen MR) is 64.2 cm³/mol. The van der Waals surface area contributed by atoms with Gasteiger partial charge in [-0.15, -0.1) is 0 Å². The van der Waals surface area contributed by atoms with Gasteiger partial charge in [0.2, 0.25) is 0 Å². The minimum Gasteiger partial charge on any atom is -0.506 e. The minimum absolute atomic E-state index is 0.287. The molecule has 0 bridgehead atoms. The predicted octanol–water partition coefficient (Wildman–Crippen LogP) is 2.96. The van der Waals surface area contributed by atoms with Gasteiger partial charge in [0.05, 0.1) is 5.52 Å². The van der Waals surface area contributed by atoms with Gasteiger partial charge in [0.15, 0.2) is 0 Å². The molecule has 0 aliphatic rings. The highest BCUT2D eigenvalue weighted by Gasteiger charge is 1.86. The second-order valence-corrected chi connectivity index (χ2v) is 3.27. The van der Waals surface area contributed by atoms with E-state index in [1.54, 1.807) is 12.3 Å². The van der Waals surface area contributed by atoms with E-state index in [9.17, 15) is 0 Å². The number of aromatic hydroxyl groups is 1. The lowest BCUT2D eigenvalue weighted by molar-refractivity contribution is 0.476. The van der Waals surface area contributed by atoms with Gasteiger partial charge in [-0.2, -0.15) is 0 Å². The number of rotatable bonds is 0. The standard InChI is InChI=1S/C9H7N.C4H5NO/c1-2-6-9-8(4-1)5-3-7-10-9;6-4-1-2-5-3-4/h1-7H;1-3,5-6H. The third-order valence-electron chi connectivity index (χ3n) is 2.09. The van der Waals surface area contributed by atoms with Crippen molar-refractivity contribution in [2.45, 2.75) is 0 Å². The minimum atomic E-state index is 0.287. The van der Waals surface area contributed by atoms with E-state index in [0.717, 1.165) is 5.52 Å². The number of hydrogen-bond donors (Lipinski definition) is 2. The molecule has 1 aromatic carbocycles. The molecule has 0 atom stereocenters. The monoisotopic (exact) mass is 212 g/mol. The van der Waals surface area contributed by atoms with Crippen molar-refractivity contribution in [1.29, 1.82) is 0 Å². The first-order valence-electron chi connectivity index (χ1n) is 4.98. The molecule has 0 amide bonds. The zero-order chi connectivity index (χ0) is 11.2. The van der Waals surface area contributed by atoms with Crippen LogP contribution < -0.4 is 0 Å². The first-order chi connectivity index (χ1) is 7.86. The van der Waals surface area contributed by atoms with Crippen molar-refractivity contribution in [3.8, 4) is 5.75 Å². The summed E-state index contributed by atoms with van der Waals surface area (Å²) < 4.78 is 0. The van der Waals surface area contributed by atoms with E-state index in [1.165, 1.54) is 11.6 Å². The summed E-state index contributed by atoms with van der Waals surface area (Å²) in [5.41, 5.74) is 1.06. The number of nitrogens with zero attached hydrogens (tertiary/aromatic N) is 1. The maximum absolute atomic E-state index is 8.44. The first-order valence-corrected chi connectivity index (χ1v) is 4.98. The van der Waals surface area contributed by atoms with Crippen molar-refractivity contribution in [2.24, 2.45) is 0 Å². The normalized spacial score (nSPS) is 9.50. The summed E-state index contributed by atoms with van der Waals surface area (Å²) in [5.74, 6) is 0.287. The Morgan fingerprint density at radius 2 is 1.81 bits per heavy atom. The third-order valence-corrected chi connectivity index (χ3v) is 2.09. The van der Waals surface area contributed by atoms with Gasteiger partial charge >= 0.3 is 0 Å². The van der Waals surface area contributed by atoms with Crippen molar-refractivity contribution in [2.75, 3.05) is 0 Å². The molecule has 0 unspecified atom stereocenters. The Bertz CT molecular complexity index is 481. The maximum atomic E-state index is 8.44. The van der Waals surface area contributed by atoms with Crippen molar-refractivity contribution >= 4 is 10.9 Å². The summed E-state index contributed by atoms with van der Waals surface area (Å²) in [5, 5.41) is 9.64. The van der Waals surface area contributed by atoms with Crippen LogP contribution in [0.2, 0.25) is 0 Å². The van der Waals surface area contributed by atoms with Gasteiger partial charge < -0.3 is 10.1 Å². The summed E-state index contributed by atoms with van der Waals surface area (Å²) in [7, 11) is 0. The van der Waals surface area contributed by atoms with Crippen LogP contribution in [-0.2, 0) is 0 Å². The van der Waals surface area contributed by atoms with Crippen LogP contribution in [0.4, 0.5) is 0 Å². The Morgan fingerprint density at radius 3 is 2.44 bits per heavy atom. The van der Waals surface area contributed by atoms with Gasteiger partial charge in [-0.05, 0) is 18.2 Å². The SMILES string of the molecule is Oc1cc[nH]c1.c1ccc2ncccc2c1. The van der Waals surface area contributed by atoms with Crippen molar-refractivity contribution in [1.82, 2.24) is 9.97 Å². The molecule has 16 heavy (non-hydrogen) atoms. The summed E-state index contributed by atoms with van der Waals surface area (Å²) in [6.45, 7) is 0. The molecule has 0 spiro atoms. The fourth-order valence-corrected chi connectivity index (χ4v) is 1.33.